The topological polar surface area (TPSA) is 0 Å². The summed E-state index contributed by atoms with van der Waals surface area (Å²) in [5, 5.41) is 4.99. The molecule has 0 N–H and O–H groups in total. The van der Waals surface area contributed by atoms with E-state index in [0.29, 0.717) is 0 Å². The molecule has 0 heteroatoms. The maximum Gasteiger partial charge on any atom is -0.0105 e. The van der Waals surface area contributed by atoms with Crippen molar-refractivity contribution < 1.29 is 0 Å². The SMILES string of the molecule is C=Cc1cccc2cc3cccc(C=C)c3cc12. The van der Waals surface area contributed by atoms with E-state index in [4.69, 9.17) is 0 Å². The number of benzene rings is 3. The number of hydrogen-bond donors (Lipinski definition) is 0. The first-order valence-corrected chi connectivity index (χ1v) is 6.04. The molecule has 0 saturated heterocycles. The van der Waals surface area contributed by atoms with Gasteiger partial charge < -0.3 is 0 Å². The molecule has 86 valence electrons. The van der Waals surface area contributed by atoms with Crippen LogP contribution < -0.4 is 0 Å². The van der Waals surface area contributed by atoms with Crippen molar-refractivity contribution >= 4 is 33.7 Å². The average molecular weight is 230 g/mol. The van der Waals surface area contributed by atoms with Gasteiger partial charge in [0.1, 0.15) is 0 Å². The molecular formula is C18H14. The molecule has 0 aromatic heterocycles. The summed E-state index contributed by atoms with van der Waals surface area (Å²) < 4.78 is 0. The van der Waals surface area contributed by atoms with Crippen molar-refractivity contribution in [2.45, 2.75) is 0 Å². The fourth-order valence-corrected chi connectivity index (χ4v) is 2.46. The minimum atomic E-state index is 1.17. The quantitative estimate of drug-likeness (QED) is 0.525. The highest BCUT2D eigenvalue weighted by Crippen LogP contribution is 2.28. The van der Waals surface area contributed by atoms with E-state index in [-0.39, 0.29) is 0 Å². The van der Waals surface area contributed by atoms with Gasteiger partial charge >= 0.3 is 0 Å². The molecule has 0 radical (unpaired) electrons. The first-order chi connectivity index (χ1) is 8.83. The van der Waals surface area contributed by atoms with Crippen molar-refractivity contribution in [2.24, 2.45) is 0 Å². The molecule has 0 fully saturated rings. The smallest absolute Gasteiger partial charge is 0.0105 e. The molecule has 3 aromatic carbocycles. The Balaban J connectivity index is 2.52. The lowest BCUT2D eigenvalue weighted by Crippen LogP contribution is -1.82. The summed E-state index contributed by atoms with van der Waals surface area (Å²) in [7, 11) is 0. The second-order valence-electron chi connectivity index (χ2n) is 4.40. The molecule has 0 bridgehead atoms. The monoisotopic (exact) mass is 230 g/mol. The van der Waals surface area contributed by atoms with E-state index in [1.807, 2.05) is 12.2 Å². The van der Waals surface area contributed by atoms with Crippen LogP contribution in [-0.2, 0) is 0 Å². The summed E-state index contributed by atoms with van der Waals surface area (Å²) >= 11 is 0. The Labute approximate surface area is 107 Å². The molecule has 0 atom stereocenters. The summed E-state index contributed by atoms with van der Waals surface area (Å²) in [5.74, 6) is 0. The van der Waals surface area contributed by atoms with Crippen LogP contribution in [-0.4, -0.2) is 0 Å². The van der Waals surface area contributed by atoms with Crippen LogP contribution in [0.15, 0.2) is 61.7 Å². The van der Waals surface area contributed by atoms with E-state index in [1.165, 1.54) is 32.7 Å². The molecule has 0 aliphatic rings. The molecule has 0 spiro atoms. The van der Waals surface area contributed by atoms with Crippen molar-refractivity contribution in [2.75, 3.05) is 0 Å². The third kappa shape index (κ3) is 1.54. The van der Waals surface area contributed by atoms with Gasteiger partial charge in [-0.2, -0.15) is 0 Å². The minimum absolute atomic E-state index is 1.17. The fraction of sp³-hybridized carbons (Fsp3) is 0. The van der Waals surface area contributed by atoms with Crippen LogP contribution in [0.5, 0.6) is 0 Å². The Bertz CT molecular complexity index is 700. The van der Waals surface area contributed by atoms with Gasteiger partial charge in [0, 0.05) is 0 Å². The van der Waals surface area contributed by atoms with Gasteiger partial charge in [-0.05, 0) is 44.8 Å². The normalized spacial score (nSPS) is 10.7. The minimum Gasteiger partial charge on any atom is -0.0984 e. The van der Waals surface area contributed by atoms with Crippen LogP contribution in [0.25, 0.3) is 33.7 Å². The van der Waals surface area contributed by atoms with Crippen LogP contribution in [0.3, 0.4) is 0 Å². The van der Waals surface area contributed by atoms with Crippen LogP contribution in [0.1, 0.15) is 11.1 Å². The van der Waals surface area contributed by atoms with Gasteiger partial charge in [-0.3, -0.25) is 0 Å². The van der Waals surface area contributed by atoms with Crippen LogP contribution in [0, 0.1) is 0 Å². The lowest BCUT2D eigenvalue weighted by molar-refractivity contribution is 1.72. The standard InChI is InChI=1S/C18H14/c1-3-13-7-5-9-15-11-16-10-6-8-14(4-2)18(16)12-17(13)15/h3-12H,1-2H2. The third-order valence-corrected chi connectivity index (χ3v) is 3.39. The zero-order valence-electron chi connectivity index (χ0n) is 10.2. The molecule has 0 nitrogen and oxygen atoms in total. The van der Waals surface area contributed by atoms with E-state index in [9.17, 15) is 0 Å². The Morgan fingerprint density at radius 3 is 1.61 bits per heavy atom. The maximum absolute atomic E-state index is 3.88. The molecule has 3 rings (SSSR count). The predicted molar refractivity (Wildman–Crippen MR) is 81.6 cm³/mol. The van der Waals surface area contributed by atoms with Gasteiger partial charge in [-0.1, -0.05) is 61.7 Å². The molecule has 0 heterocycles. The third-order valence-electron chi connectivity index (χ3n) is 3.39. The van der Waals surface area contributed by atoms with Gasteiger partial charge in [-0.15, -0.1) is 0 Å². The van der Waals surface area contributed by atoms with Gasteiger partial charge in [0.2, 0.25) is 0 Å². The van der Waals surface area contributed by atoms with Crippen molar-refractivity contribution in [1.82, 2.24) is 0 Å². The second kappa shape index (κ2) is 4.15. The lowest BCUT2D eigenvalue weighted by atomic mass is 9.97. The van der Waals surface area contributed by atoms with Gasteiger partial charge in [0.25, 0.3) is 0 Å². The van der Waals surface area contributed by atoms with E-state index in [1.54, 1.807) is 0 Å². The predicted octanol–water partition coefficient (Wildman–Crippen LogP) is 5.28. The highest BCUT2D eigenvalue weighted by molar-refractivity contribution is 6.04. The highest BCUT2D eigenvalue weighted by Gasteiger charge is 2.03. The second-order valence-corrected chi connectivity index (χ2v) is 4.40. The molecule has 18 heavy (non-hydrogen) atoms. The Hall–Kier alpha value is -2.34. The van der Waals surface area contributed by atoms with Gasteiger partial charge in [-0.25, -0.2) is 0 Å². The van der Waals surface area contributed by atoms with E-state index < -0.39 is 0 Å². The Morgan fingerprint density at radius 1 is 0.667 bits per heavy atom. The van der Waals surface area contributed by atoms with E-state index >= 15 is 0 Å². The van der Waals surface area contributed by atoms with Crippen molar-refractivity contribution in [1.29, 1.82) is 0 Å². The molecule has 0 aliphatic heterocycles. The number of rotatable bonds is 2. The van der Waals surface area contributed by atoms with Crippen LogP contribution >= 0.6 is 0 Å². The summed E-state index contributed by atoms with van der Waals surface area (Å²) in [5.41, 5.74) is 2.35. The number of hydrogen-bond acceptors (Lipinski definition) is 0. The number of fused-ring (bicyclic) bond motifs is 2. The largest absolute Gasteiger partial charge is 0.0984 e. The van der Waals surface area contributed by atoms with E-state index in [2.05, 4.69) is 61.7 Å². The van der Waals surface area contributed by atoms with Crippen molar-refractivity contribution in [3.63, 3.8) is 0 Å². The summed E-state index contributed by atoms with van der Waals surface area (Å²) in [6.07, 6.45) is 3.81. The summed E-state index contributed by atoms with van der Waals surface area (Å²) in [4.78, 5) is 0. The van der Waals surface area contributed by atoms with E-state index in [0.717, 1.165) is 0 Å². The van der Waals surface area contributed by atoms with Crippen LogP contribution in [0.2, 0.25) is 0 Å². The maximum atomic E-state index is 3.88. The van der Waals surface area contributed by atoms with Crippen molar-refractivity contribution in [3.05, 3.63) is 72.8 Å². The van der Waals surface area contributed by atoms with Gasteiger partial charge in [0.15, 0.2) is 0 Å². The molecule has 0 saturated carbocycles. The molecular weight excluding hydrogens is 216 g/mol. The van der Waals surface area contributed by atoms with Crippen molar-refractivity contribution in [3.8, 4) is 0 Å². The molecule has 0 amide bonds. The van der Waals surface area contributed by atoms with Crippen LogP contribution in [0.4, 0.5) is 0 Å². The zero-order valence-corrected chi connectivity index (χ0v) is 10.2. The summed E-state index contributed by atoms with van der Waals surface area (Å²) in [6, 6.07) is 17.1. The Kier molecular flexibility index (Phi) is 2.49. The lowest BCUT2D eigenvalue weighted by Gasteiger charge is -2.07. The Morgan fingerprint density at radius 2 is 1.17 bits per heavy atom. The summed E-state index contributed by atoms with van der Waals surface area (Å²) in [6.45, 7) is 7.77. The highest BCUT2D eigenvalue weighted by atomic mass is 14.1. The average Bonchev–Trinajstić information content (AvgIpc) is 2.43. The fourth-order valence-electron chi connectivity index (χ4n) is 2.46. The molecule has 3 aromatic rings. The van der Waals surface area contributed by atoms with Gasteiger partial charge in [0.05, 0.1) is 0 Å². The first-order valence-electron chi connectivity index (χ1n) is 6.04. The molecule has 0 unspecified atom stereocenters. The first kappa shape index (κ1) is 10.8. The zero-order chi connectivity index (χ0) is 12.5. The molecule has 0 aliphatic carbocycles.